The second-order valence-electron chi connectivity index (χ2n) is 7.70. The van der Waals surface area contributed by atoms with Crippen molar-refractivity contribution in [2.75, 3.05) is 23.4 Å². The number of amides is 2. The average Bonchev–Trinajstić information content (AvgIpc) is 3.08. The van der Waals surface area contributed by atoms with Gasteiger partial charge in [-0.3, -0.25) is 14.4 Å². The molecule has 3 rings (SSSR count). The highest BCUT2D eigenvalue weighted by molar-refractivity contribution is 9.10. The molecule has 1 saturated heterocycles. The standard InChI is InChI=1S/C23H25BrN2O4/c1-13-6-5-7-20(16(13)4)26-11-17(10-22(26)28)23(29)30-12-21(27)25-19-9-14(2)18(24)8-15(19)3/h5-9,17H,10-12H2,1-4H3,(H,25,27)/t17-/m1/s1. The zero-order chi connectivity index (χ0) is 22.0. The fourth-order valence-corrected chi connectivity index (χ4v) is 3.94. The van der Waals surface area contributed by atoms with Crippen molar-refractivity contribution in [2.24, 2.45) is 5.92 Å². The summed E-state index contributed by atoms with van der Waals surface area (Å²) in [4.78, 5) is 38.8. The molecule has 0 spiro atoms. The minimum atomic E-state index is -0.582. The first kappa shape index (κ1) is 22.0. The smallest absolute Gasteiger partial charge is 0.311 e. The van der Waals surface area contributed by atoms with Crippen LogP contribution >= 0.6 is 15.9 Å². The van der Waals surface area contributed by atoms with E-state index in [0.29, 0.717) is 5.69 Å². The van der Waals surface area contributed by atoms with Gasteiger partial charge in [0.15, 0.2) is 6.61 Å². The normalized spacial score (nSPS) is 16.0. The Morgan fingerprint density at radius 2 is 1.87 bits per heavy atom. The number of aryl methyl sites for hydroxylation is 3. The van der Waals surface area contributed by atoms with Gasteiger partial charge in [-0.25, -0.2) is 0 Å². The van der Waals surface area contributed by atoms with E-state index >= 15 is 0 Å². The van der Waals surface area contributed by atoms with Crippen molar-refractivity contribution in [1.82, 2.24) is 0 Å². The lowest BCUT2D eigenvalue weighted by molar-refractivity contribution is -0.151. The van der Waals surface area contributed by atoms with Crippen LogP contribution in [0.1, 0.15) is 28.7 Å². The van der Waals surface area contributed by atoms with Gasteiger partial charge in [-0.1, -0.05) is 28.1 Å². The Labute approximate surface area is 184 Å². The number of hydrogen-bond acceptors (Lipinski definition) is 4. The van der Waals surface area contributed by atoms with E-state index in [1.807, 2.05) is 58.0 Å². The van der Waals surface area contributed by atoms with Gasteiger partial charge in [-0.15, -0.1) is 0 Å². The first-order valence-corrected chi connectivity index (χ1v) is 10.6. The second kappa shape index (κ2) is 9.00. The van der Waals surface area contributed by atoms with Gasteiger partial charge in [0.25, 0.3) is 5.91 Å². The van der Waals surface area contributed by atoms with Crippen LogP contribution in [0.4, 0.5) is 11.4 Å². The highest BCUT2D eigenvalue weighted by atomic mass is 79.9. The fraction of sp³-hybridized carbons (Fsp3) is 0.348. The third-order valence-electron chi connectivity index (χ3n) is 5.45. The first-order chi connectivity index (χ1) is 14.2. The van der Waals surface area contributed by atoms with Crippen molar-refractivity contribution in [1.29, 1.82) is 0 Å². The minimum absolute atomic E-state index is 0.0822. The van der Waals surface area contributed by atoms with Crippen molar-refractivity contribution in [3.8, 4) is 0 Å². The molecule has 1 atom stereocenters. The van der Waals surface area contributed by atoms with Crippen LogP contribution in [0, 0.1) is 33.6 Å². The van der Waals surface area contributed by atoms with Crippen LogP contribution in [0.15, 0.2) is 34.8 Å². The third-order valence-corrected chi connectivity index (χ3v) is 6.30. The number of esters is 1. The SMILES string of the molecule is Cc1cc(NC(=O)COC(=O)[C@@H]2CC(=O)N(c3cccc(C)c3C)C2)c(C)cc1Br. The van der Waals surface area contributed by atoms with Crippen molar-refractivity contribution >= 4 is 45.1 Å². The number of anilines is 2. The Morgan fingerprint density at radius 1 is 1.13 bits per heavy atom. The number of rotatable bonds is 5. The van der Waals surface area contributed by atoms with Crippen LogP contribution in [0.2, 0.25) is 0 Å². The van der Waals surface area contributed by atoms with Crippen LogP contribution in [0.3, 0.4) is 0 Å². The predicted molar refractivity (Wildman–Crippen MR) is 120 cm³/mol. The summed E-state index contributed by atoms with van der Waals surface area (Å²) in [6.45, 7) is 7.63. The summed E-state index contributed by atoms with van der Waals surface area (Å²) in [6, 6.07) is 9.54. The van der Waals surface area contributed by atoms with Crippen LogP contribution in [-0.2, 0) is 19.1 Å². The number of hydrogen-bond donors (Lipinski definition) is 1. The lowest BCUT2D eigenvalue weighted by Crippen LogP contribution is -2.28. The van der Waals surface area contributed by atoms with Gasteiger partial charge in [-0.2, -0.15) is 0 Å². The van der Waals surface area contributed by atoms with E-state index in [-0.39, 0.29) is 25.5 Å². The van der Waals surface area contributed by atoms with Crippen LogP contribution in [-0.4, -0.2) is 30.9 Å². The number of carbonyl (C=O) groups excluding carboxylic acids is 3. The Hall–Kier alpha value is -2.67. The first-order valence-electron chi connectivity index (χ1n) is 9.77. The van der Waals surface area contributed by atoms with Crippen LogP contribution < -0.4 is 10.2 Å². The molecule has 1 aliphatic heterocycles. The molecule has 0 radical (unpaired) electrons. The van der Waals surface area contributed by atoms with Gasteiger partial charge in [0.1, 0.15) is 0 Å². The summed E-state index contributed by atoms with van der Waals surface area (Å²) in [7, 11) is 0. The molecule has 1 heterocycles. The number of nitrogens with one attached hydrogen (secondary N) is 1. The van der Waals surface area contributed by atoms with Gasteiger partial charge in [0, 0.05) is 28.8 Å². The van der Waals surface area contributed by atoms with Crippen molar-refractivity contribution in [3.05, 3.63) is 57.1 Å². The molecule has 2 amide bonds. The Kier molecular flexibility index (Phi) is 6.61. The largest absolute Gasteiger partial charge is 0.455 e. The summed E-state index contributed by atoms with van der Waals surface area (Å²) in [6.07, 6.45) is 0.0822. The van der Waals surface area contributed by atoms with Gasteiger partial charge in [0.05, 0.1) is 5.92 Å². The molecule has 6 nitrogen and oxygen atoms in total. The van der Waals surface area contributed by atoms with Gasteiger partial charge in [-0.05, 0) is 68.1 Å². The maximum Gasteiger partial charge on any atom is 0.311 e. The van der Waals surface area contributed by atoms with E-state index in [9.17, 15) is 14.4 Å². The number of benzene rings is 2. The zero-order valence-corrected chi connectivity index (χ0v) is 19.1. The molecular weight excluding hydrogens is 448 g/mol. The predicted octanol–water partition coefficient (Wildman–Crippen LogP) is 4.22. The Balaban J connectivity index is 1.58. The van der Waals surface area contributed by atoms with E-state index in [0.717, 1.165) is 32.4 Å². The summed E-state index contributed by atoms with van der Waals surface area (Å²) < 4.78 is 6.16. The van der Waals surface area contributed by atoms with E-state index < -0.39 is 17.8 Å². The van der Waals surface area contributed by atoms with E-state index in [2.05, 4.69) is 21.2 Å². The highest BCUT2D eigenvalue weighted by Crippen LogP contribution is 2.30. The van der Waals surface area contributed by atoms with Crippen LogP contribution in [0.25, 0.3) is 0 Å². The van der Waals surface area contributed by atoms with Crippen molar-refractivity contribution < 1.29 is 19.1 Å². The molecule has 7 heteroatoms. The molecule has 1 N–H and O–H groups in total. The quantitative estimate of drug-likeness (QED) is 0.660. The number of nitrogens with zero attached hydrogens (tertiary/aromatic N) is 1. The zero-order valence-electron chi connectivity index (χ0n) is 17.5. The van der Waals surface area contributed by atoms with Gasteiger partial charge in [0.2, 0.25) is 5.91 Å². The molecule has 30 heavy (non-hydrogen) atoms. The lowest BCUT2D eigenvalue weighted by Gasteiger charge is -2.20. The van der Waals surface area contributed by atoms with Gasteiger partial charge < -0.3 is 15.0 Å². The summed E-state index contributed by atoms with van der Waals surface area (Å²) in [5.41, 5.74) is 5.48. The highest BCUT2D eigenvalue weighted by Gasteiger charge is 2.37. The molecular formula is C23H25BrN2O4. The molecule has 2 aromatic rings. The molecule has 0 unspecified atom stereocenters. The second-order valence-corrected chi connectivity index (χ2v) is 8.55. The number of ether oxygens (including phenoxy) is 1. The topological polar surface area (TPSA) is 75.7 Å². The molecule has 0 bridgehead atoms. The van der Waals surface area contributed by atoms with E-state index in [4.69, 9.17) is 4.74 Å². The number of carbonyl (C=O) groups is 3. The summed E-state index contributed by atoms with van der Waals surface area (Å²) in [5.74, 6) is -1.64. The fourth-order valence-electron chi connectivity index (χ4n) is 3.48. The molecule has 1 aliphatic rings. The molecule has 0 aromatic heterocycles. The van der Waals surface area contributed by atoms with E-state index in [1.54, 1.807) is 4.90 Å². The molecule has 0 saturated carbocycles. The molecule has 0 aliphatic carbocycles. The Bertz CT molecular complexity index is 1020. The summed E-state index contributed by atoms with van der Waals surface area (Å²) in [5, 5.41) is 2.77. The van der Waals surface area contributed by atoms with Crippen LogP contribution in [0.5, 0.6) is 0 Å². The average molecular weight is 473 g/mol. The maximum atomic E-state index is 12.5. The lowest BCUT2D eigenvalue weighted by atomic mass is 10.1. The molecule has 2 aromatic carbocycles. The molecule has 158 valence electrons. The monoisotopic (exact) mass is 472 g/mol. The third kappa shape index (κ3) is 4.73. The van der Waals surface area contributed by atoms with E-state index in [1.165, 1.54) is 0 Å². The maximum absolute atomic E-state index is 12.5. The Morgan fingerprint density at radius 3 is 2.60 bits per heavy atom. The number of halogens is 1. The van der Waals surface area contributed by atoms with Gasteiger partial charge >= 0.3 is 5.97 Å². The molecule has 1 fully saturated rings. The summed E-state index contributed by atoms with van der Waals surface area (Å²) >= 11 is 3.46. The minimum Gasteiger partial charge on any atom is -0.455 e. The van der Waals surface area contributed by atoms with Crippen molar-refractivity contribution in [2.45, 2.75) is 34.1 Å². The van der Waals surface area contributed by atoms with Crippen molar-refractivity contribution in [3.63, 3.8) is 0 Å².